The molecule has 0 aliphatic carbocycles. The first-order valence-corrected chi connectivity index (χ1v) is 9.32. The molecule has 1 aromatic heterocycles. The lowest BCUT2D eigenvalue weighted by Gasteiger charge is -2.35. The predicted molar refractivity (Wildman–Crippen MR) is 94.2 cm³/mol. The average molecular weight is 343 g/mol. The number of thiazole rings is 1. The van der Waals surface area contributed by atoms with Gasteiger partial charge in [-0.15, -0.1) is 11.3 Å². The summed E-state index contributed by atoms with van der Waals surface area (Å²) in [5.41, 5.74) is 1.52. The molecule has 4 rings (SSSR count). The van der Waals surface area contributed by atoms with Crippen molar-refractivity contribution in [1.29, 1.82) is 0 Å². The molecule has 2 saturated heterocycles. The molecule has 0 saturated carbocycles. The summed E-state index contributed by atoms with van der Waals surface area (Å²) in [6.07, 6.45) is 2.57. The quantitative estimate of drug-likeness (QED) is 0.926. The molecular formula is C18H21N3O2S. The summed E-state index contributed by atoms with van der Waals surface area (Å²) in [6, 6.07) is 10.5. The zero-order chi connectivity index (χ0) is 16.4. The summed E-state index contributed by atoms with van der Waals surface area (Å²) in [7, 11) is 0. The minimum absolute atomic E-state index is 0.0792. The summed E-state index contributed by atoms with van der Waals surface area (Å²) < 4.78 is 5.88. The Morgan fingerprint density at radius 3 is 3.12 bits per heavy atom. The van der Waals surface area contributed by atoms with Crippen molar-refractivity contribution in [3.8, 4) is 10.6 Å². The van der Waals surface area contributed by atoms with Gasteiger partial charge in [0.1, 0.15) is 10.7 Å². The average Bonchev–Trinajstić information content (AvgIpc) is 3.29. The van der Waals surface area contributed by atoms with Gasteiger partial charge in [0.05, 0.1) is 12.7 Å². The van der Waals surface area contributed by atoms with Crippen molar-refractivity contribution < 1.29 is 9.53 Å². The summed E-state index contributed by atoms with van der Waals surface area (Å²) in [5, 5.41) is 5.65. The summed E-state index contributed by atoms with van der Waals surface area (Å²) in [4.78, 5) is 19.3. The van der Waals surface area contributed by atoms with Gasteiger partial charge in [-0.3, -0.25) is 9.69 Å². The SMILES string of the molecule is O=C(NC[C@H]1CN2CCC[C@H]2CO1)c1csc(-c2ccccc2)n1. The van der Waals surface area contributed by atoms with Crippen molar-refractivity contribution in [1.82, 2.24) is 15.2 Å². The minimum atomic E-state index is -0.124. The van der Waals surface area contributed by atoms with Gasteiger partial charge in [-0.1, -0.05) is 30.3 Å². The Labute approximate surface area is 145 Å². The largest absolute Gasteiger partial charge is 0.373 e. The molecule has 2 aromatic rings. The summed E-state index contributed by atoms with van der Waals surface area (Å²) in [6.45, 7) is 3.40. The number of aromatic nitrogens is 1. The van der Waals surface area contributed by atoms with E-state index in [0.717, 1.165) is 30.3 Å². The fourth-order valence-electron chi connectivity index (χ4n) is 3.40. The maximum Gasteiger partial charge on any atom is 0.270 e. The summed E-state index contributed by atoms with van der Waals surface area (Å²) >= 11 is 1.49. The fraction of sp³-hybridized carbons (Fsp3) is 0.444. The third-order valence-corrected chi connectivity index (χ3v) is 5.60. The Balaban J connectivity index is 1.33. The van der Waals surface area contributed by atoms with Crippen LogP contribution in [0.5, 0.6) is 0 Å². The number of carbonyl (C=O) groups is 1. The molecule has 126 valence electrons. The number of nitrogens with one attached hydrogen (secondary N) is 1. The van der Waals surface area contributed by atoms with E-state index in [0.29, 0.717) is 18.3 Å². The number of ether oxygens (including phenoxy) is 1. The Hall–Kier alpha value is -1.76. The van der Waals surface area contributed by atoms with E-state index in [4.69, 9.17) is 4.74 Å². The minimum Gasteiger partial charge on any atom is -0.373 e. The van der Waals surface area contributed by atoms with E-state index < -0.39 is 0 Å². The lowest BCUT2D eigenvalue weighted by atomic mass is 10.2. The number of amides is 1. The molecule has 0 spiro atoms. The Kier molecular flexibility index (Phi) is 4.60. The zero-order valence-electron chi connectivity index (χ0n) is 13.5. The van der Waals surface area contributed by atoms with Crippen LogP contribution in [0.3, 0.4) is 0 Å². The van der Waals surface area contributed by atoms with E-state index in [1.54, 1.807) is 0 Å². The Morgan fingerprint density at radius 1 is 1.38 bits per heavy atom. The van der Waals surface area contributed by atoms with E-state index >= 15 is 0 Å². The first-order valence-electron chi connectivity index (χ1n) is 8.44. The van der Waals surface area contributed by atoms with Crippen LogP contribution < -0.4 is 5.32 Å². The number of morpholine rings is 1. The van der Waals surface area contributed by atoms with Gasteiger partial charge in [0, 0.05) is 30.1 Å². The van der Waals surface area contributed by atoms with Gasteiger partial charge in [0.2, 0.25) is 0 Å². The van der Waals surface area contributed by atoms with Crippen LogP contribution >= 0.6 is 11.3 Å². The third kappa shape index (κ3) is 3.36. The molecule has 6 heteroatoms. The van der Waals surface area contributed by atoms with Gasteiger partial charge in [-0.25, -0.2) is 4.98 Å². The van der Waals surface area contributed by atoms with Crippen LogP contribution in [0.15, 0.2) is 35.7 Å². The molecule has 3 heterocycles. The molecule has 24 heavy (non-hydrogen) atoms. The third-order valence-electron chi connectivity index (χ3n) is 4.71. The molecule has 5 nitrogen and oxygen atoms in total. The van der Waals surface area contributed by atoms with Crippen molar-refractivity contribution in [2.75, 3.05) is 26.2 Å². The van der Waals surface area contributed by atoms with E-state index in [9.17, 15) is 4.79 Å². The monoisotopic (exact) mass is 343 g/mol. The van der Waals surface area contributed by atoms with Gasteiger partial charge < -0.3 is 10.1 Å². The number of benzene rings is 1. The standard InChI is InChI=1S/C18H21N3O2S/c22-17(16-12-24-18(20-16)13-5-2-1-3-6-13)19-9-15-10-21-8-4-7-14(21)11-23-15/h1-3,5-6,12,14-15H,4,7-11H2,(H,19,22)/t14-,15-/m0/s1. The molecule has 2 fully saturated rings. The van der Waals surface area contributed by atoms with E-state index in [1.807, 2.05) is 35.7 Å². The normalized spacial score (nSPS) is 23.8. The van der Waals surface area contributed by atoms with Crippen LogP contribution in [-0.2, 0) is 4.74 Å². The smallest absolute Gasteiger partial charge is 0.270 e. The van der Waals surface area contributed by atoms with Gasteiger partial charge in [0.15, 0.2) is 0 Å². The maximum atomic E-state index is 12.3. The number of rotatable bonds is 4. The number of nitrogens with zero attached hydrogens (tertiary/aromatic N) is 2. The van der Waals surface area contributed by atoms with Crippen LogP contribution in [0.4, 0.5) is 0 Å². The van der Waals surface area contributed by atoms with Crippen LogP contribution in [0.25, 0.3) is 10.6 Å². The Bertz CT molecular complexity index is 703. The van der Waals surface area contributed by atoms with Crippen molar-refractivity contribution in [3.63, 3.8) is 0 Å². The topological polar surface area (TPSA) is 54.5 Å². The highest BCUT2D eigenvalue weighted by Gasteiger charge is 2.32. The zero-order valence-corrected chi connectivity index (χ0v) is 14.3. The van der Waals surface area contributed by atoms with Crippen molar-refractivity contribution in [3.05, 3.63) is 41.4 Å². The second-order valence-corrected chi connectivity index (χ2v) is 7.22. The van der Waals surface area contributed by atoms with Crippen molar-refractivity contribution >= 4 is 17.2 Å². The maximum absolute atomic E-state index is 12.3. The molecule has 0 unspecified atom stereocenters. The molecule has 2 aliphatic rings. The molecular weight excluding hydrogens is 322 g/mol. The van der Waals surface area contributed by atoms with Gasteiger partial charge in [-0.2, -0.15) is 0 Å². The van der Waals surface area contributed by atoms with E-state index in [1.165, 1.54) is 24.2 Å². The number of hydrogen-bond donors (Lipinski definition) is 1. The van der Waals surface area contributed by atoms with Gasteiger partial charge >= 0.3 is 0 Å². The lowest BCUT2D eigenvalue weighted by molar-refractivity contribution is -0.0462. The molecule has 1 amide bonds. The van der Waals surface area contributed by atoms with Crippen LogP contribution in [0, 0.1) is 0 Å². The Morgan fingerprint density at radius 2 is 2.25 bits per heavy atom. The van der Waals surface area contributed by atoms with Gasteiger partial charge in [-0.05, 0) is 19.4 Å². The highest BCUT2D eigenvalue weighted by atomic mass is 32.1. The van der Waals surface area contributed by atoms with Crippen LogP contribution in [-0.4, -0.2) is 54.2 Å². The summed E-state index contributed by atoms with van der Waals surface area (Å²) in [5.74, 6) is -0.124. The highest BCUT2D eigenvalue weighted by molar-refractivity contribution is 7.13. The highest BCUT2D eigenvalue weighted by Crippen LogP contribution is 2.24. The second-order valence-electron chi connectivity index (χ2n) is 6.36. The van der Waals surface area contributed by atoms with E-state index in [-0.39, 0.29) is 12.0 Å². The molecule has 1 N–H and O–H groups in total. The van der Waals surface area contributed by atoms with Gasteiger partial charge in [0.25, 0.3) is 5.91 Å². The molecule has 1 aromatic carbocycles. The van der Waals surface area contributed by atoms with Crippen molar-refractivity contribution in [2.45, 2.75) is 25.0 Å². The number of carbonyl (C=O) groups excluding carboxylic acids is 1. The lowest BCUT2D eigenvalue weighted by Crippen LogP contribution is -2.50. The molecule has 0 bridgehead atoms. The number of hydrogen-bond acceptors (Lipinski definition) is 5. The molecule has 2 atom stereocenters. The van der Waals surface area contributed by atoms with Crippen molar-refractivity contribution in [2.24, 2.45) is 0 Å². The first-order chi connectivity index (χ1) is 11.8. The fourth-order valence-corrected chi connectivity index (χ4v) is 4.20. The predicted octanol–water partition coefficient (Wildman–Crippen LogP) is 2.40. The molecule has 0 radical (unpaired) electrons. The van der Waals surface area contributed by atoms with E-state index in [2.05, 4.69) is 15.2 Å². The molecule has 2 aliphatic heterocycles. The second kappa shape index (κ2) is 7.01. The van der Waals surface area contributed by atoms with Crippen LogP contribution in [0.1, 0.15) is 23.3 Å². The first kappa shape index (κ1) is 15.7. The van der Waals surface area contributed by atoms with Crippen LogP contribution in [0.2, 0.25) is 0 Å². The number of fused-ring (bicyclic) bond motifs is 1.